The molecule has 1 atom stereocenters. The number of benzene rings is 1. The molecule has 1 aromatic rings. The maximum absolute atomic E-state index is 12.9. The first-order chi connectivity index (χ1) is 9.20. The van der Waals surface area contributed by atoms with Crippen molar-refractivity contribution in [1.29, 1.82) is 0 Å². The van der Waals surface area contributed by atoms with E-state index in [4.69, 9.17) is 4.74 Å². The highest BCUT2D eigenvalue weighted by atomic mass is 19.1. The van der Waals surface area contributed by atoms with Crippen LogP contribution in [0, 0.1) is 5.82 Å². The summed E-state index contributed by atoms with van der Waals surface area (Å²) >= 11 is 0. The highest BCUT2D eigenvalue weighted by Gasteiger charge is 2.23. The summed E-state index contributed by atoms with van der Waals surface area (Å²) in [6.07, 6.45) is 4.82. The second-order valence-corrected chi connectivity index (χ2v) is 5.02. The molecule has 0 heterocycles. The molecule has 104 valence electrons. The smallest absolute Gasteiger partial charge is 0.314 e. The van der Waals surface area contributed by atoms with E-state index in [0.29, 0.717) is 12.6 Å². The first kappa shape index (κ1) is 14.0. The van der Waals surface area contributed by atoms with Gasteiger partial charge in [0.15, 0.2) is 0 Å². The number of nitrogens with one attached hydrogen (secondary N) is 1. The molecule has 0 amide bonds. The van der Waals surface area contributed by atoms with E-state index in [2.05, 4.69) is 5.32 Å². The van der Waals surface area contributed by atoms with Gasteiger partial charge < -0.3 is 10.1 Å². The number of hydrogen-bond donors (Lipinski definition) is 1. The van der Waals surface area contributed by atoms with Crippen molar-refractivity contribution in [3.63, 3.8) is 0 Å². The van der Waals surface area contributed by atoms with E-state index in [-0.39, 0.29) is 17.7 Å². The molecule has 0 radical (unpaired) electrons. The lowest BCUT2D eigenvalue weighted by Gasteiger charge is -2.19. The van der Waals surface area contributed by atoms with Crippen LogP contribution in [0.3, 0.4) is 0 Å². The van der Waals surface area contributed by atoms with E-state index in [1.807, 2.05) is 0 Å². The van der Waals surface area contributed by atoms with E-state index in [1.54, 1.807) is 12.1 Å². The van der Waals surface area contributed by atoms with Crippen LogP contribution >= 0.6 is 0 Å². The molecule has 0 saturated heterocycles. The maximum atomic E-state index is 12.9. The Labute approximate surface area is 113 Å². The fraction of sp³-hybridized carbons (Fsp3) is 0.533. The molecule has 1 N–H and O–H groups in total. The van der Waals surface area contributed by atoms with Crippen LogP contribution in [0.15, 0.2) is 24.3 Å². The van der Waals surface area contributed by atoms with Gasteiger partial charge in [0.05, 0.1) is 13.0 Å². The van der Waals surface area contributed by atoms with Crippen LogP contribution in [0.1, 0.15) is 37.2 Å². The molecule has 1 aliphatic rings. The molecule has 0 spiro atoms. The minimum absolute atomic E-state index is 0.280. The summed E-state index contributed by atoms with van der Waals surface area (Å²) in [5.41, 5.74) is 0.791. The molecule has 1 aromatic carbocycles. The van der Waals surface area contributed by atoms with E-state index in [9.17, 15) is 9.18 Å². The summed E-state index contributed by atoms with van der Waals surface area (Å²) in [5, 5.41) is 3.42. The van der Waals surface area contributed by atoms with Crippen molar-refractivity contribution in [2.75, 3.05) is 13.7 Å². The predicted octanol–water partition coefficient (Wildman–Crippen LogP) is 2.61. The van der Waals surface area contributed by atoms with Crippen LogP contribution in [-0.2, 0) is 9.53 Å². The standard InChI is InChI=1S/C15H20FNO2/c1-19-15(18)14(10-17-13-4-2-3-5-13)11-6-8-12(16)9-7-11/h6-9,13-14,17H,2-5,10H2,1H3. The maximum Gasteiger partial charge on any atom is 0.314 e. The minimum Gasteiger partial charge on any atom is -0.469 e. The highest BCUT2D eigenvalue weighted by Crippen LogP contribution is 2.21. The van der Waals surface area contributed by atoms with Crippen molar-refractivity contribution in [1.82, 2.24) is 5.32 Å². The van der Waals surface area contributed by atoms with Crippen molar-refractivity contribution in [2.45, 2.75) is 37.6 Å². The van der Waals surface area contributed by atoms with Crippen molar-refractivity contribution >= 4 is 5.97 Å². The molecule has 1 unspecified atom stereocenters. The summed E-state index contributed by atoms with van der Waals surface area (Å²) in [6.45, 7) is 0.545. The molecule has 19 heavy (non-hydrogen) atoms. The van der Waals surface area contributed by atoms with Crippen LogP contribution in [0.4, 0.5) is 4.39 Å². The van der Waals surface area contributed by atoms with Crippen molar-refractivity contribution in [2.24, 2.45) is 0 Å². The van der Waals surface area contributed by atoms with Crippen molar-refractivity contribution < 1.29 is 13.9 Å². The van der Waals surface area contributed by atoms with Crippen LogP contribution < -0.4 is 5.32 Å². The predicted molar refractivity (Wildman–Crippen MR) is 71.4 cm³/mol. The van der Waals surface area contributed by atoms with Gasteiger partial charge in [0.1, 0.15) is 5.82 Å². The number of carbonyl (C=O) groups is 1. The Hall–Kier alpha value is -1.42. The second kappa shape index (κ2) is 6.66. The van der Waals surface area contributed by atoms with Gasteiger partial charge in [-0.2, -0.15) is 0 Å². The van der Waals surface area contributed by atoms with Gasteiger partial charge in [0.25, 0.3) is 0 Å². The summed E-state index contributed by atoms with van der Waals surface area (Å²) < 4.78 is 17.8. The Morgan fingerprint density at radius 3 is 2.58 bits per heavy atom. The molecule has 0 aliphatic heterocycles. The van der Waals surface area contributed by atoms with Gasteiger partial charge in [-0.15, -0.1) is 0 Å². The zero-order chi connectivity index (χ0) is 13.7. The van der Waals surface area contributed by atoms with Gasteiger partial charge >= 0.3 is 5.97 Å². The zero-order valence-corrected chi connectivity index (χ0v) is 11.2. The van der Waals surface area contributed by atoms with E-state index in [0.717, 1.165) is 18.4 Å². The number of hydrogen-bond acceptors (Lipinski definition) is 3. The average molecular weight is 265 g/mol. The third kappa shape index (κ3) is 3.77. The second-order valence-electron chi connectivity index (χ2n) is 5.02. The highest BCUT2D eigenvalue weighted by molar-refractivity contribution is 5.78. The van der Waals surface area contributed by atoms with E-state index in [1.165, 1.54) is 32.1 Å². The quantitative estimate of drug-likeness (QED) is 0.832. The fourth-order valence-corrected chi connectivity index (χ4v) is 2.59. The number of rotatable bonds is 5. The number of ether oxygens (including phenoxy) is 1. The summed E-state index contributed by atoms with van der Waals surface area (Å²) in [7, 11) is 1.38. The lowest BCUT2D eigenvalue weighted by molar-refractivity contribution is -0.142. The van der Waals surface area contributed by atoms with Crippen molar-refractivity contribution in [3.05, 3.63) is 35.6 Å². The molecule has 1 fully saturated rings. The third-order valence-electron chi connectivity index (χ3n) is 3.72. The molecule has 0 bridgehead atoms. The topological polar surface area (TPSA) is 38.3 Å². The molecule has 0 aromatic heterocycles. The largest absolute Gasteiger partial charge is 0.469 e. The minimum atomic E-state index is -0.369. The lowest BCUT2D eigenvalue weighted by Crippen LogP contribution is -2.33. The van der Waals surface area contributed by atoms with Gasteiger partial charge in [-0.1, -0.05) is 25.0 Å². The first-order valence-corrected chi connectivity index (χ1v) is 6.77. The molecular formula is C15H20FNO2. The Morgan fingerprint density at radius 1 is 1.37 bits per heavy atom. The van der Waals surface area contributed by atoms with Crippen LogP contribution in [0.2, 0.25) is 0 Å². The van der Waals surface area contributed by atoms with E-state index < -0.39 is 0 Å². The van der Waals surface area contributed by atoms with Gasteiger partial charge in [0, 0.05) is 12.6 Å². The Bertz CT molecular complexity index is 413. The SMILES string of the molecule is COC(=O)C(CNC1CCCC1)c1ccc(F)cc1. The van der Waals surface area contributed by atoms with Crippen LogP contribution in [0.25, 0.3) is 0 Å². The van der Waals surface area contributed by atoms with Gasteiger partial charge in [-0.25, -0.2) is 4.39 Å². The zero-order valence-electron chi connectivity index (χ0n) is 11.2. The summed E-state index contributed by atoms with van der Waals surface area (Å²) in [6, 6.07) is 6.54. The molecule has 3 nitrogen and oxygen atoms in total. The monoisotopic (exact) mass is 265 g/mol. The van der Waals surface area contributed by atoms with Gasteiger partial charge in [-0.3, -0.25) is 4.79 Å². The molecule has 1 aliphatic carbocycles. The molecule has 4 heteroatoms. The summed E-state index contributed by atoms with van der Waals surface area (Å²) in [5.74, 6) is -0.945. The number of carbonyl (C=O) groups excluding carboxylic acids is 1. The Morgan fingerprint density at radius 2 is 2.00 bits per heavy atom. The normalized spacial score (nSPS) is 17.4. The number of methoxy groups -OCH3 is 1. The number of halogens is 1. The van der Waals surface area contributed by atoms with Crippen LogP contribution in [-0.4, -0.2) is 25.7 Å². The molecule has 1 saturated carbocycles. The number of esters is 1. The summed E-state index contributed by atoms with van der Waals surface area (Å²) in [4.78, 5) is 11.8. The lowest BCUT2D eigenvalue weighted by atomic mass is 9.98. The van der Waals surface area contributed by atoms with Crippen LogP contribution in [0.5, 0.6) is 0 Å². The first-order valence-electron chi connectivity index (χ1n) is 6.77. The van der Waals surface area contributed by atoms with Gasteiger partial charge in [0.2, 0.25) is 0 Å². The van der Waals surface area contributed by atoms with Crippen molar-refractivity contribution in [3.8, 4) is 0 Å². The third-order valence-corrected chi connectivity index (χ3v) is 3.72. The van der Waals surface area contributed by atoms with E-state index >= 15 is 0 Å². The van der Waals surface area contributed by atoms with Gasteiger partial charge in [-0.05, 0) is 30.5 Å². The molecular weight excluding hydrogens is 245 g/mol. The fourth-order valence-electron chi connectivity index (χ4n) is 2.59. The average Bonchev–Trinajstić information content (AvgIpc) is 2.93. The Kier molecular flexibility index (Phi) is 4.91. The Balaban J connectivity index is 2.02. The molecule has 2 rings (SSSR count).